The van der Waals surface area contributed by atoms with Crippen molar-refractivity contribution in [1.29, 1.82) is 0 Å². The number of esters is 2. The van der Waals surface area contributed by atoms with Crippen LogP contribution in [0.3, 0.4) is 0 Å². The van der Waals surface area contributed by atoms with Gasteiger partial charge < -0.3 is 35.2 Å². The van der Waals surface area contributed by atoms with Gasteiger partial charge in [-0.3, -0.25) is 4.79 Å². The van der Waals surface area contributed by atoms with Crippen LogP contribution < -0.4 is 21.0 Å². The summed E-state index contributed by atoms with van der Waals surface area (Å²) >= 11 is 0. The molecule has 1 aliphatic carbocycles. The molecule has 0 saturated heterocycles. The molecule has 2 aromatic carbocycles. The van der Waals surface area contributed by atoms with E-state index in [1.165, 1.54) is 13.8 Å². The van der Waals surface area contributed by atoms with E-state index in [4.69, 9.17) is 20.0 Å². The van der Waals surface area contributed by atoms with Crippen LogP contribution in [0.4, 0.5) is 5.69 Å². The number of amides is 1. The third kappa shape index (κ3) is 11.0. The molecule has 12 heteroatoms. The molecule has 1 amide bonds. The number of ether oxygens (including phenoxy) is 2. The number of carbonyl (C=O) groups excluding carboxylic acids is 3. The minimum Gasteiger partial charge on any atom is -0.464 e. The van der Waals surface area contributed by atoms with Crippen molar-refractivity contribution in [3.8, 4) is 22.5 Å². The maximum atomic E-state index is 13.5. The Balaban J connectivity index is 0.000000636. The predicted octanol–water partition coefficient (Wildman–Crippen LogP) is 4.07. The Labute approximate surface area is 305 Å². The van der Waals surface area contributed by atoms with Crippen LogP contribution in [0.15, 0.2) is 65.1 Å². The number of aliphatic hydroxyl groups is 2. The molecule has 280 valence electrons. The fourth-order valence-corrected chi connectivity index (χ4v) is 5.57. The van der Waals surface area contributed by atoms with E-state index >= 15 is 0 Å². The highest BCUT2D eigenvalue weighted by atomic mass is 16.5. The van der Waals surface area contributed by atoms with Gasteiger partial charge in [0, 0.05) is 47.7 Å². The summed E-state index contributed by atoms with van der Waals surface area (Å²) in [6, 6.07) is 20.1. The lowest BCUT2D eigenvalue weighted by atomic mass is 9.90. The first-order valence-corrected chi connectivity index (χ1v) is 17.9. The molecule has 0 spiro atoms. The van der Waals surface area contributed by atoms with Gasteiger partial charge in [0.1, 0.15) is 49.4 Å². The molecule has 0 aromatic heterocycles. The molecule has 12 nitrogen and oxygen atoms in total. The highest BCUT2D eigenvalue weighted by Gasteiger charge is 2.23. The number of rotatable bonds is 15. The van der Waals surface area contributed by atoms with E-state index in [0.717, 1.165) is 64.1 Å². The van der Waals surface area contributed by atoms with E-state index in [1.54, 1.807) is 0 Å². The zero-order chi connectivity index (χ0) is 38.2. The third-order valence-corrected chi connectivity index (χ3v) is 8.37. The van der Waals surface area contributed by atoms with Gasteiger partial charge in [0.05, 0.1) is 25.3 Å². The first-order chi connectivity index (χ1) is 25.0. The van der Waals surface area contributed by atoms with Crippen molar-refractivity contribution in [1.82, 2.24) is 9.89 Å². The number of hydrogen-bond acceptors (Lipinski definition) is 9. The average molecular weight is 719 g/mol. The van der Waals surface area contributed by atoms with Crippen LogP contribution in [0.1, 0.15) is 64.7 Å². The van der Waals surface area contributed by atoms with Crippen LogP contribution in [0.2, 0.25) is 0 Å². The normalized spacial score (nSPS) is 12.4. The van der Waals surface area contributed by atoms with Crippen LogP contribution in [-0.4, -0.2) is 97.0 Å². The Morgan fingerprint density at radius 1 is 0.865 bits per heavy atom. The summed E-state index contributed by atoms with van der Waals surface area (Å²) in [5.41, 5.74) is 10.1. The van der Waals surface area contributed by atoms with Crippen LogP contribution >= 0.6 is 0 Å². The number of nitrogens with two attached hydrogens (primary N) is 1. The van der Waals surface area contributed by atoms with Gasteiger partial charge in [0.25, 0.3) is 5.91 Å². The zero-order valence-corrected chi connectivity index (χ0v) is 31.2. The van der Waals surface area contributed by atoms with Gasteiger partial charge in [0.2, 0.25) is 11.0 Å². The van der Waals surface area contributed by atoms with Crippen molar-refractivity contribution >= 4 is 40.7 Å². The highest BCUT2D eigenvalue weighted by Crippen LogP contribution is 2.41. The van der Waals surface area contributed by atoms with E-state index in [2.05, 4.69) is 76.4 Å². The van der Waals surface area contributed by atoms with Crippen LogP contribution in [-0.2, 0) is 19.1 Å². The van der Waals surface area contributed by atoms with Crippen LogP contribution in [0.5, 0.6) is 0 Å². The minimum atomic E-state index is -1.17. The molecular weight excluding hydrogens is 664 g/mol. The Kier molecular flexibility index (Phi) is 16.6. The van der Waals surface area contributed by atoms with Crippen LogP contribution in [0.25, 0.3) is 33.4 Å². The predicted molar refractivity (Wildman–Crippen MR) is 203 cm³/mol. The lowest BCUT2D eigenvalue weighted by Crippen LogP contribution is -2.29. The molecule has 0 saturated carbocycles. The number of fused-ring (bicyclic) bond motifs is 2. The summed E-state index contributed by atoms with van der Waals surface area (Å²) in [4.78, 5) is 35.5. The van der Waals surface area contributed by atoms with Crippen molar-refractivity contribution in [3.63, 3.8) is 0 Å². The molecule has 1 aliphatic heterocycles. The number of hydrogen-bond donors (Lipinski definition) is 4. The lowest BCUT2D eigenvalue weighted by Gasteiger charge is -2.18. The molecule has 4 rings (SSSR count). The second-order valence-corrected chi connectivity index (χ2v) is 12.0. The monoisotopic (exact) mass is 718 g/mol. The van der Waals surface area contributed by atoms with Gasteiger partial charge in [-0.1, -0.05) is 18.2 Å². The fourth-order valence-electron chi connectivity index (χ4n) is 5.57. The highest BCUT2D eigenvalue weighted by molar-refractivity contribution is 6.09. The molecular formula is C40H54N4O8+2. The van der Waals surface area contributed by atoms with Crippen molar-refractivity contribution in [2.75, 3.05) is 45.9 Å². The number of nitrogens with one attached hydrogen (secondary N) is 1. The number of carbonyl (C=O) groups is 3. The smallest absolute Gasteiger partial charge is 0.334 e. The molecule has 2 aromatic rings. The SMILES string of the molecule is CC=[N+](CC)c1ccc2c(-c3ccccc3C(=O)NCCCOC(=O)[C@@H](C)O)c3ccc(=[N+](CC)CC)cc-3oc2c1.C[C@@H](O)C(=O)OCCCN. The molecule has 0 bridgehead atoms. The van der Waals surface area contributed by atoms with Gasteiger partial charge in [-0.2, -0.15) is 0 Å². The fraction of sp³-hybridized carbons (Fsp3) is 0.425. The van der Waals surface area contributed by atoms with E-state index < -0.39 is 24.1 Å². The van der Waals surface area contributed by atoms with Gasteiger partial charge in [0.15, 0.2) is 0 Å². The first-order valence-electron chi connectivity index (χ1n) is 17.9. The molecule has 0 radical (unpaired) electrons. The first kappa shape index (κ1) is 41.5. The lowest BCUT2D eigenvalue weighted by molar-refractivity contribution is -0.431. The van der Waals surface area contributed by atoms with Gasteiger partial charge in [-0.25, -0.2) is 18.7 Å². The molecule has 0 unspecified atom stereocenters. The Morgan fingerprint density at radius 2 is 1.52 bits per heavy atom. The van der Waals surface area contributed by atoms with Gasteiger partial charge in [-0.15, -0.1) is 0 Å². The maximum Gasteiger partial charge on any atom is 0.334 e. The molecule has 0 fully saturated rings. The summed E-state index contributed by atoms with van der Waals surface area (Å²) < 4.78 is 20.6. The summed E-state index contributed by atoms with van der Waals surface area (Å²) in [6.45, 7) is 14.9. The van der Waals surface area contributed by atoms with E-state index in [0.29, 0.717) is 38.1 Å². The molecule has 52 heavy (non-hydrogen) atoms. The Morgan fingerprint density at radius 3 is 2.12 bits per heavy atom. The topological polar surface area (TPSA) is 167 Å². The summed E-state index contributed by atoms with van der Waals surface area (Å²) in [6.07, 6.45) is 0.920. The summed E-state index contributed by atoms with van der Waals surface area (Å²) in [7, 11) is 0. The van der Waals surface area contributed by atoms with E-state index in [-0.39, 0.29) is 12.5 Å². The summed E-state index contributed by atoms with van der Waals surface area (Å²) in [5.74, 6) is -0.735. The largest absolute Gasteiger partial charge is 0.464 e. The molecule has 2 atom stereocenters. The number of benzene rings is 3. The Bertz CT molecular complexity index is 1870. The van der Waals surface area contributed by atoms with Gasteiger partial charge >= 0.3 is 11.9 Å². The quantitative estimate of drug-likeness (QED) is 0.0466. The maximum absolute atomic E-state index is 13.5. The second kappa shape index (κ2) is 20.8. The zero-order valence-electron chi connectivity index (χ0n) is 31.2. The summed E-state index contributed by atoms with van der Waals surface area (Å²) in [5, 5.41) is 22.8. The second-order valence-electron chi connectivity index (χ2n) is 12.0. The van der Waals surface area contributed by atoms with Crippen LogP contribution in [0, 0.1) is 0 Å². The van der Waals surface area contributed by atoms with E-state index in [9.17, 15) is 19.5 Å². The van der Waals surface area contributed by atoms with Gasteiger partial charge in [-0.05, 0) is 77.8 Å². The Hall–Kier alpha value is -4.91. The average Bonchev–Trinajstić information content (AvgIpc) is 3.14. The number of aliphatic hydroxyl groups excluding tert-OH is 2. The standard InChI is InChI=1S/C34H40N3O5.C6H13NO3/c1-6-36(7-2)24-15-17-28-30(21-24)42-31-22-25(37(8-3)9-4)16-18-29(31)32(28)26-13-10-11-14-27(26)33(39)35-19-12-20-41-34(40)23(5)38;1-5(8)6(9)10-4-2-3-7/h6,10-11,13-18,21-23,38H,7-9,12,19-20H2,1-5H3;5,8H,2-4,7H2,1H3/q+1;/p+1/t23-;5-/m11/s1. The third-order valence-electron chi connectivity index (χ3n) is 8.37. The molecule has 2 aliphatic rings. The van der Waals surface area contributed by atoms with Crippen molar-refractivity contribution in [3.05, 3.63) is 71.6 Å². The van der Waals surface area contributed by atoms with Crippen molar-refractivity contribution in [2.24, 2.45) is 5.73 Å². The number of nitrogens with zero attached hydrogens (tertiary/aromatic N) is 2. The van der Waals surface area contributed by atoms with Crippen molar-refractivity contribution < 1.29 is 43.1 Å². The van der Waals surface area contributed by atoms with Crippen molar-refractivity contribution in [2.45, 2.75) is 66.6 Å². The molecule has 5 N–H and O–H groups in total. The molecule has 1 heterocycles. The minimum absolute atomic E-state index is 0.113. The van der Waals surface area contributed by atoms with E-state index in [1.807, 2.05) is 37.4 Å².